The Morgan fingerprint density at radius 3 is 2.60 bits per heavy atom. The third-order valence-electron chi connectivity index (χ3n) is 2.36. The van der Waals surface area contributed by atoms with Crippen LogP contribution in [0.5, 0.6) is 0 Å². The Hall–Kier alpha value is -1.42. The van der Waals surface area contributed by atoms with Crippen molar-refractivity contribution in [3.63, 3.8) is 0 Å². The van der Waals surface area contributed by atoms with E-state index in [4.69, 9.17) is 0 Å². The Bertz CT molecular complexity index is 618. The van der Waals surface area contributed by atoms with Gasteiger partial charge in [-0.15, -0.1) is 0 Å². The van der Waals surface area contributed by atoms with Gasteiger partial charge in [0, 0.05) is 17.8 Å². The molecule has 0 saturated carbocycles. The standard InChI is InChI=1S/C11H11NO2S/c1-8-5-6-12-11-4-3-9(7-10(8)11)15(2,13)14/h3-7H,1-2H3. The average molecular weight is 221 g/mol. The summed E-state index contributed by atoms with van der Waals surface area (Å²) in [4.78, 5) is 4.51. The highest BCUT2D eigenvalue weighted by Crippen LogP contribution is 2.20. The predicted octanol–water partition coefficient (Wildman–Crippen LogP) is 1.95. The zero-order chi connectivity index (χ0) is 11.1. The van der Waals surface area contributed by atoms with Crippen LogP contribution in [0.3, 0.4) is 0 Å². The number of aromatic nitrogens is 1. The second kappa shape index (κ2) is 3.31. The Balaban J connectivity index is 2.81. The molecule has 0 amide bonds. The summed E-state index contributed by atoms with van der Waals surface area (Å²) in [5, 5.41) is 0.889. The molecule has 2 rings (SSSR count). The maximum atomic E-state index is 11.4. The molecule has 0 saturated heterocycles. The first-order chi connectivity index (χ1) is 6.98. The van der Waals surface area contributed by atoms with Gasteiger partial charge in [-0.2, -0.15) is 0 Å². The van der Waals surface area contributed by atoms with E-state index < -0.39 is 9.84 Å². The second-order valence-electron chi connectivity index (χ2n) is 3.58. The minimum atomic E-state index is -3.14. The molecule has 1 aromatic carbocycles. The van der Waals surface area contributed by atoms with Gasteiger partial charge in [-0.1, -0.05) is 0 Å². The molecule has 0 aliphatic carbocycles. The van der Waals surface area contributed by atoms with Crippen LogP contribution in [-0.2, 0) is 9.84 Å². The summed E-state index contributed by atoms with van der Waals surface area (Å²) in [7, 11) is -3.14. The van der Waals surface area contributed by atoms with Gasteiger partial charge in [0.2, 0.25) is 0 Å². The fraction of sp³-hybridized carbons (Fsp3) is 0.182. The van der Waals surface area contributed by atoms with E-state index in [1.807, 2.05) is 13.0 Å². The van der Waals surface area contributed by atoms with Gasteiger partial charge in [-0.25, -0.2) is 8.42 Å². The van der Waals surface area contributed by atoms with Crippen LogP contribution in [-0.4, -0.2) is 19.7 Å². The molecule has 2 aromatic rings. The molecule has 0 aliphatic heterocycles. The molecule has 3 nitrogen and oxygen atoms in total. The van der Waals surface area contributed by atoms with Crippen LogP contribution in [0.2, 0.25) is 0 Å². The van der Waals surface area contributed by atoms with Gasteiger partial charge in [-0.3, -0.25) is 4.98 Å². The van der Waals surface area contributed by atoms with Crippen LogP contribution in [0.25, 0.3) is 10.9 Å². The zero-order valence-electron chi connectivity index (χ0n) is 8.56. The van der Waals surface area contributed by atoms with Gasteiger partial charge in [-0.05, 0) is 36.8 Å². The summed E-state index contributed by atoms with van der Waals surface area (Å²) in [6, 6.07) is 6.87. The molecule has 1 heterocycles. The van der Waals surface area contributed by atoms with Crippen molar-refractivity contribution < 1.29 is 8.42 Å². The fourth-order valence-corrected chi connectivity index (χ4v) is 2.14. The first-order valence-corrected chi connectivity index (χ1v) is 6.43. The molecule has 0 unspecified atom stereocenters. The summed E-state index contributed by atoms with van der Waals surface area (Å²) in [5.41, 5.74) is 1.85. The van der Waals surface area contributed by atoms with Crippen molar-refractivity contribution in [1.82, 2.24) is 4.98 Å². The highest BCUT2D eigenvalue weighted by atomic mass is 32.2. The lowest BCUT2D eigenvalue weighted by molar-refractivity contribution is 0.602. The van der Waals surface area contributed by atoms with E-state index in [0.29, 0.717) is 4.90 Å². The first-order valence-electron chi connectivity index (χ1n) is 4.54. The van der Waals surface area contributed by atoms with Crippen LogP contribution in [0, 0.1) is 6.92 Å². The topological polar surface area (TPSA) is 47.0 Å². The van der Waals surface area contributed by atoms with E-state index >= 15 is 0 Å². The average Bonchev–Trinajstić information content (AvgIpc) is 2.16. The minimum absolute atomic E-state index is 0.339. The zero-order valence-corrected chi connectivity index (χ0v) is 9.38. The third-order valence-corrected chi connectivity index (χ3v) is 3.47. The molecule has 0 atom stereocenters. The largest absolute Gasteiger partial charge is 0.256 e. The lowest BCUT2D eigenvalue weighted by atomic mass is 10.1. The van der Waals surface area contributed by atoms with Crippen molar-refractivity contribution in [1.29, 1.82) is 0 Å². The smallest absolute Gasteiger partial charge is 0.175 e. The number of benzene rings is 1. The van der Waals surface area contributed by atoms with Crippen molar-refractivity contribution in [2.45, 2.75) is 11.8 Å². The Kier molecular flexibility index (Phi) is 2.23. The van der Waals surface area contributed by atoms with Gasteiger partial charge in [0.15, 0.2) is 9.84 Å². The van der Waals surface area contributed by atoms with Gasteiger partial charge < -0.3 is 0 Å². The second-order valence-corrected chi connectivity index (χ2v) is 5.59. The first kappa shape index (κ1) is 10.1. The Morgan fingerprint density at radius 2 is 1.93 bits per heavy atom. The van der Waals surface area contributed by atoms with Crippen LogP contribution in [0.15, 0.2) is 35.4 Å². The minimum Gasteiger partial charge on any atom is -0.256 e. The van der Waals surface area contributed by atoms with Crippen molar-refractivity contribution in [2.24, 2.45) is 0 Å². The molecule has 0 bridgehead atoms. The SMILES string of the molecule is Cc1ccnc2ccc(S(C)(=O)=O)cc12. The highest BCUT2D eigenvalue weighted by Gasteiger charge is 2.08. The van der Waals surface area contributed by atoms with Crippen molar-refractivity contribution in [3.05, 3.63) is 36.0 Å². The molecule has 0 radical (unpaired) electrons. The Labute approximate surface area is 88.7 Å². The maximum absolute atomic E-state index is 11.4. The summed E-state index contributed by atoms with van der Waals surface area (Å²) >= 11 is 0. The molecular weight excluding hydrogens is 210 g/mol. The lowest BCUT2D eigenvalue weighted by Gasteiger charge is -2.03. The number of nitrogens with zero attached hydrogens (tertiary/aromatic N) is 1. The Morgan fingerprint density at radius 1 is 1.20 bits per heavy atom. The summed E-state index contributed by atoms with van der Waals surface area (Å²) in [5.74, 6) is 0. The number of aryl methyl sites for hydroxylation is 1. The maximum Gasteiger partial charge on any atom is 0.175 e. The quantitative estimate of drug-likeness (QED) is 0.739. The van der Waals surface area contributed by atoms with E-state index in [9.17, 15) is 8.42 Å². The number of fused-ring (bicyclic) bond motifs is 1. The van der Waals surface area contributed by atoms with Crippen molar-refractivity contribution in [3.8, 4) is 0 Å². The number of rotatable bonds is 1. The third kappa shape index (κ3) is 1.85. The molecule has 0 N–H and O–H groups in total. The van der Waals surface area contributed by atoms with Crippen LogP contribution in [0.4, 0.5) is 0 Å². The molecule has 1 aromatic heterocycles. The number of pyridine rings is 1. The van der Waals surface area contributed by atoms with Gasteiger partial charge in [0.1, 0.15) is 0 Å². The lowest BCUT2D eigenvalue weighted by Crippen LogP contribution is -1.97. The van der Waals surface area contributed by atoms with Gasteiger partial charge >= 0.3 is 0 Å². The molecule has 0 aliphatic rings. The molecular formula is C11H11NO2S. The van der Waals surface area contributed by atoms with Crippen LogP contribution in [0.1, 0.15) is 5.56 Å². The van der Waals surface area contributed by atoms with E-state index in [-0.39, 0.29) is 0 Å². The summed E-state index contributed by atoms with van der Waals surface area (Å²) < 4.78 is 22.7. The molecule has 4 heteroatoms. The number of sulfone groups is 1. The summed E-state index contributed by atoms with van der Waals surface area (Å²) in [6.07, 6.45) is 2.93. The van der Waals surface area contributed by atoms with Crippen LogP contribution >= 0.6 is 0 Å². The van der Waals surface area contributed by atoms with Gasteiger partial charge in [0.05, 0.1) is 10.4 Å². The van der Waals surface area contributed by atoms with Crippen molar-refractivity contribution in [2.75, 3.05) is 6.26 Å². The van der Waals surface area contributed by atoms with Crippen molar-refractivity contribution >= 4 is 20.7 Å². The van der Waals surface area contributed by atoms with E-state index in [1.165, 1.54) is 6.26 Å². The van der Waals surface area contributed by atoms with E-state index in [0.717, 1.165) is 16.5 Å². The van der Waals surface area contributed by atoms with Gasteiger partial charge in [0.25, 0.3) is 0 Å². The monoisotopic (exact) mass is 221 g/mol. The molecule has 0 fully saturated rings. The fourth-order valence-electron chi connectivity index (χ4n) is 1.49. The van der Waals surface area contributed by atoms with Crippen LogP contribution < -0.4 is 0 Å². The predicted molar refractivity (Wildman–Crippen MR) is 59.6 cm³/mol. The molecule has 0 spiro atoms. The van der Waals surface area contributed by atoms with E-state index in [1.54, 1.807) is 24.4 Å². The highest BCUT2D eigenvalue weighted by molar-refractivity contribution is 7.90. The summed E-state index contributed by atoms with van der Waals surface area (Å²) in [6.45, 7) is 1.94. The molecule has 78 valence electrons. The number of hydrogen-bond acceptors (Lipinski definition) is 3. The number of hydrogen-bond donors (Lipinski definition) is 0. The normalized spacial score (nSPS) is 11.9. The molecule has 15 heavy (non-hydrogen) atoms. The van der Waals surface area contributed by atoms with E-state index in [2.05, 4.69) is 4.98 Å².